The van der Waals surface area contributed by atoms with Gasteiger partial charge in [-0.3, -0.25) is 4.68 Å². The molecule has 0 fully saturated rings. The van der Waals surface area contributed by atoms with Gasteiger partial charge in [0.2, 0.25) is 0 Å². The molecule has 9 heteroatoms. The molecule has 0 unspecified atom stereocenters. The van der Waals surface area contributed by atoms with Crippen molar-refractivity contribution in [3.8, 4) is 0 Å². The summed E-state index contributed by atoms with van der Waals surface area (Å²) in [6, 6.07) is 0. The Bertz CT molecular complexity index is 661. The van der Waals surface area contributed by atoms with Gasteiger partial charge in [-0.05, 0) is 41.5 Å². The summed E-state index contributed by atoms with van der Waals surface area (Å²) >= 11 is 0. The minimum absolute atomic E-state index is 0.0483. The standard InChI is InChI=1S/C17H27N3O6.C2H6/c1-7-24-14(21)12-11(3)13(15(22)25-8-2)20(19-12)10-9-18-16(23)26-17(4,5)6;1-2/h7-10H2,1-6H3,(H,18,23);1-2H3. The van der Waals surface area contributed by atoms with Gasteiger partial charge < -0.3 is 19.5 Å². The molecule has 0 saturated carbocycles. The highest BCUT2D eigenvalue weighted by Crippen LogP contribution is 2.16. The van der Waals surface area contributed by atoms with Gasteiger partial charge >= 0.3 is 18.0 Å². The van der Waals surface area contributed by atoms with Gasteiger partial charge in [0.05, 0.1) is 19.8 Å². The third kappa shape index (κ3) is 7.98. The van der Waals surface area contributed by atoms with Crippen molar-refractivity contribution < 1.29 is 28.6 Å². The van der Waals surface area contributed by atoms with Crippen LogP contribution in [0, 0.1) is 6.92 Å². The topological polar surface area (TPSA) is 109 Å². The first-order valence-electron chi connectivity index (χ1n) is 9.49. The van der Waals surface area contributed by atoms with Crippen LogP contribution in [0.5, 0.6) is 0 Å². The Balaban J connectivity index is 0.00000352. The van der Waals surface area contributed by atoms with Crippen molar-refractivity contribution in [3.63, 3.8) is 0 Å². The number of nitrogens with zero attached hydrogens (tertiary/aromatic N) is 2. The maximum atomic E-state index is 12.2. The number of nitrogens with one attached hydrogen (secondary N) is 1. The summed E-state index contributed by atoms with van der Waals surface area (Å²) in [4.78, 5) is 35.9. The van der Waals surface area contributed by atoms with Gasteiger partial charge in [0, 0.05) is 12.1 Å². The van der Waals surface area contributed by atoms with E-state index in [4.69, 9.17) is 14.2 Å². The maximum Gasteiger partial charge on any atom is 0.407 e. The second-order valence-corrected chi connectivity index (χ2v) is 6.41. The Kier molecular flexibility index (Phi) is 10.9. The van der Waals surface area contributed by atoms with Crippen molar-refractivity contribution in [2.75, 3.05) is 19.8 Å². The molecule has 0 radical (unpaired) electrons. The summed E-state index contributed by atoms with van der Waals surface area (Å²) in [7, 11) is 0. The van der Waals surface area contributed by atoms with Gasteiger partial charge in [0.1, 0.15) is 11.3 Å². The summed E-state index contributed by atoms with van der Waals surface area (Å²) < 4.78 is 16.5. The van der Waals surface area contributed by atoms with E-state index in [1.807, 2.05) is 13.8 Å². The fourth-order valence-electron chi connectivity index (χ4n) is 2.14. The molecule has 0 aromatic carbocycles. The Morgan fingerprint density at radius 2 is 1.57 bits per heavy atom. The summed E-state index contributed by atoms with van der Waals surface area (Å²) in [5, 5.41) is 6.73. The van der Waals surface area contributed by atoms with Crippen LogP contribution in [-0.4, -0.2) is 53.2 Å². The second-order valence-electron chi connectivity index (χ2n) is 6.41. The van der Waals surface area contributed by atoms with Crippen LogP contribution in [-0.2, 0) is 20.8 Å². The molecule has 0 spiro atoms. The molecule has 1 amide bonds. The Hall–Kier alpha value is -2.58. The van der Waals surface area contributed by atoms with Crippen LogP contribution in [0.1, 0.15) is 75.0 Å². The van der Waals surface area contributed by atoms with Gasteiger partial charge in [-0.15, -0.1) is 0 Å². The van der Waals surface area contributed by atoms with Gasteiger partial charge in [0.25, 0.3) is 0 Å². The van der Waals surface area contributed by atoms with Crippen LogP contribution < -0.4 is 5.32 Å². The van der Waals surface area contributed by atoms with E-state index in [0.29, 0.717) is 5.56 Å². The van der Waals surface area contributed by atoms with Gasteiger partial charge in [0.15, 0.2) is 5.69 Å². The van der Waals surface area contributed by atoms with E-state index in [9.17, 15) is 14.4 Å². The Morgan fingerprint density at radius 1 is 1.04 bits per heavy atom. The molecule has 1 rings (SSSR count). The van der Waals surface area contributed by atoms with Gasteiger partial charge in [-0.2, -0.15) is 5.10 Å². The van der Waals surface area contributed by atoms with Crippen molar-refractivity contribution in [3.05, 3.63) is 17.0 Å². The normalized spacial score (nSPS) is 10.4. The monoisotopic (exact) mass is 399 g/mol. The van der Waals surface area contributed by atoms with Gasteiger partial charge in [-0.1, -0.05) is 13.8 Å². The zero-order valence-corrected chi connectivity index (χ0v) is 18.2. The number of alkyl carbamates (subject to hydrolysis) is 1. The van der Waals surface area contributed by atoms with E-state index < -0.39 is 23.6 Å². The van der Waals surface area contributed by atoms with Crippen molar-refractivity contribution in [1.29, 1.82) is 0 Å². The molecule has 0 atom stereocenters. The lowest BCUT2D eigenvalue weighted by molar-refractivity contribution is 0.0501. The molecule has 0 bridgehead atoms. The highest BCUT2D eigenvalue weighted by molar-refractivity contribution is 5.95. The summed E-state index contributed by atoms with van der Waals surface area (Å²) in [6.45, 7) is 14.9. The minimum atomic E-state index is -0.616. The number of ether oxygens (including phenoxy) is 3. The third-order valence-electron chi connectivity index (χ3n) is 3.12. The first-order valence-corrected chi connectivity index (χ1v) is 9.49. The van der Waals surface area contributed by atoms with Crippen molar-refractivity contribution in [2.45, 2.75) is 67.5 Å². The summed E-state index contributed by atoms with van der Waals surface area (Å²) in [5.41, 5.74) is -0.0354. The van der Waals surface area contributed by atoms with Gasteiger partial charge in [-0.25, -0.2) is 14.4 Å². The average molecular weight is 399 g/mol. The Morgan fingerprint density at radius 3 is 2.07 bits per heavy atom. The molecule has 1 N–H and O–H groups in total. The van der Waals surface area contributed by atoms with Crippen molar-refractivity contribution in [2.24, 2.45) is 0 Å². The lowest BCUT2D eigenvalue weighted by atomic mass is 10.2. The number of amides is 1. The minimum Gasteiger partial charge on any atom is -0.461 e. The molecule has 160 valence electrons. The summed E-state index contributed by atoms with van der Waals surface area (Å²) in [5.74, 6) is -1.21. The maximum absolute atomic E-state index is 12.2. The van der Waals surface area contributed by atoms with E-state index in [1.165, 1.54) is 4.68 Å². The smallest absolute Gasteiger partial charge is 0.407 e. The molecule has 0 aliphatic rings. The molecule has 0 saturated heterocycles. The number of aromatic nitrogens is 2. The van der Waals surface area contributed by atoms with E-state index in [2.05, 4.69) is 10.4 Å². The van der Waals surface area contributed by atoms with Crippen LogP contribution >= 0.6 is 0 Å². The summed E-state index contributed by atoms with van der Waals surface area (Å²) in [6.07, 6.45) is -0.579. The molecule has 9 nitrogen and oxygen atoms in total. The molecule has 1 heterocycles. The third-order valence-corrected chi connectivity index (χ3v) is 3.12. The number of rotatable bonds is 7. The number of carbonyl (C=O) groups excluding carboxylic acids is 3. The fourth-order valence-corrected chi connectivity index (χ4v) is 2.14. The van der Waals surface area contributed by atoms with Crippen LogP contribution in [0.25, 0.3) is 0 Å². The lowest BCUT2D eigenvalue weighted by Crippen LogP contribution is -2.34. The predicted molar refractivity (Wildman–Crippen MR) is 104 cm³/mol. The van der Waals surface area contributed by atoms with Crippen molar-refractivity contribution in [1.82, 2.24) is 15.1 Å². The first-order chi connectivity index (χ1) is 13.1. The molecule has 28 heavy (non-hydrogen) atoms. The van der Waals surface area contributed by atoms with Crippen LogP contribution in [0.4, 0.5) is 4.79 Å². The lowest BCUT2D eigenvalue weighted by Gasteiger charge is -2.19. The van der Waals surface area contributed by atoms with Crippen molar-refractivity contribution >= 4 is 18.0 Å². The zero-order chi connectivity index (χ0) is 21.9. The largest absolute Gasteiger partial charge is 0.461 e. The SMILES string of the molecule is CC.CCOC(=O)c1nn(CCNC(=O)OC(C)(C)C)c(C(=O)OCC)c1C. The highest BCUT2D eigenvalue weighted by Gasteiger charge is 2.26. The van der Waals surface area contributed by atoms with E-state index >= 15 is 0 Å². The fraction of sp³-hybridized carbons (Fsp3) is 0.684. The predicted octanol–water partition coefficient (Wildman–Crippen LogP) is 3.10. The average Bonchev–Trinajstić information content (AvgIpc) is 2.92. The highest BCUT2D eigenvalue weighted by atomic mass is 16.6. The van der Waals surface area contributed by atoms with Crippen LogP contribution in [0.2, 0.25) is 0 Å². The molecular formula is C19H33N3O6. The van der Waals surface area contributed by atoms with Crippen LogP contribution in [0.15, 0.2) is 0 Å². The second kappa shape index (κ2) is 12.0. The quantitative estimate of drug-likeness (QED) is 0.554. The van der Waals surface area contributed by atoms with E-state index in [1.54, 1.807) is 41.5 Å². The van der Waals surface area contributed by atoms with E-state index in [-0.39, 0.29) is 37.7 Å². The number of esters is 2. The Labute approximate surface area is 166 Å². The molecule has 0 aliphatic carbocycles. The number of hydrogen-bond acceptors (Lipinski definition) is 7. The first kappa shape index (κ1) is 25.4. The molecule has 0 aliphatic heterocycles. The number of hydrogen-bond donors (Lipinski definition) is 1. The zero-order valence-electron chi connectivity index (χ0n) is 18.2. The molecule has 1 aromatic heterocycles. The molecular weight excluding hydrogens is 366 g/mol. The van der Waals surface area contributed by atoms with E-state index in [0.717, 1.165) is 0 Å². The number of carbonyl (C=O) groups is 3. The van der Waals surface area contributed by atoms with Crippen LogP contribution in [0.3, 0.4) is 0 Å². The molecule has 1 aromatic rings.